The van der Waals surface area contributed by atoms with Gasteiger partial charge in [0.15, 0.2) is 28.3 Å². The van der Waals surface area contributed by atoms with Gasteiger partial charge in [-0.3, -0.25) is 4.79 Å². The molecular formula is C20H20ClN3O4S. The highest BCUT2D eigenvalue weighted by molar-refractivity contribution is 7.99. The van der Waals surface area contributed by atoms with Crippen molar-refractivity contribution < 1.29 is 19.0 Å². The van der Waals surface area contributed by atoms with Crippen LogP contribution in [0.4, 0.5) is 0 Å². The highest BCUT2D eigenvalue weighted by Gasteiger charge is 2.19. The van der Waals surface area contributed by atoms with Gasteiger partial charge in [-0.25, -0.2) is 0 Å². The molecule has 0 aliphatic carbocycles. The standard InChI is InChI=1S/C20H20ClN3O4S/c1-24-19(13-9-16(26-2)18(28-4)17(10-13)27-3)22-23-20(24)29-11-15(25)12-5-7-14(21)8-6-12/h5-10H,11H2,1-4H3. The molecule has 0 fully saturated rings. The van der Waals surface area contributed by atoms with Crippen molar-refractivity contribution in [3.8, 4) is 28.6 Å². The quantitative estimate of drug-likeness (QED) is 0.390. The number of carbonyl (C=O) groups is 1. The minimum absolute atomic E-state index is 0.0102. The van der Waals surface area contributed by atoms with E-state index in [2.05, 4.69) is 10.2 Å². The Morgan fingerprint density at radius 1 is 1.03 bits per heavy atom. The first-order valence-corrected chi connectivity index (χ1v) is 9.96. The zero-order valence-corrected chi connectivity index (χ0v) is 18.0. The van der Waals surface area contributed by atoms with Crippen LogP contribution in [0.2, 0.25) is 5.02 Å². The molecule has 3 aromatic rings. The number of hydrogen-bond donors (Lipinski definition) is 0. The van der Waals surface area contributed by atoms with Gasteiger partial charge in [0.2, 0.25) is 5.75 Å². The van der Waals surface area contributed by atoms with Crippen LogP contribution in [0.1, 0.15) is 10.4 Å². The number of aromatic nitrogens is 3. The van der Waals surface area contributed by atoms with Crippen LogP contribution in [-0.4, -0.2) is 47.6 Å². The molecule has 0 aliphatic heterocycles. The fraction of sp³-hybridized carbons (Fsp3) is 0.250. The predicted octanol–water partition coefficient (Wildman–Crippen LogP) is 4.14. The molecule has 3 rings (SSSR count). The van der Waals surface area contributed by atoms with Gasteiger partial charge in [-0.1, -0.05) is 23.4 Å². The van der Waals surface area contributed by atoms with Crippen molar-refractivity contribution >= 4 is 29.1 Å². The molecule has 0 radical (unpaired) electrons. The molecule has 0 saturated heterocycles. The molecule has 0 N–H and O–H groups in total. The monoisotopic (exact) mass is 433 g/mol. The number of nitrogens with zero attached hydrogens (tertiary/aromatic N) is 3. The molecule has 0 amide bonds. The predicted molar refractivity (Wildman–Crippen MR) is 113 cm³/mol. The number of hydrogen-bond acceptors (Lipinski definition) is 7. The van der Waals surface area contributed by atoms with Crippen molar-refractivity contribution in [2.24, 2.45) is 7.05 Å². The molecule has 1 heterocycles. The van der Waals surface area contributed by atoms with Crippen LogP contribution in [0.15, 0.2) is 41.6 Å². The molecule has 0 bridgehead atoms. The third-order valence-electron chi connectivity index (χ3n) is 4.26. The van der Waals surface area contributed by atoms with E-state index < -0.39 is 0 Å². The number of ether oxygens (including phenoxy) is 3. The zero-order chi connectivity index (χ0) is 21.0. The summed E-state index contributed by atoms with van der Waals surface area (Å²) in [6.07, 6.45) is 0. The second kappa shape index (κ2) is 9.19. The molecule has 9 heteroatoms. The van der Waals surface area contributed by atoms with Crippen LogP contribution in [-0.2, 0) is 7.05 Å². The topological polar surface area (TPSA) is 75.5 Å². The van der Waals surface area contributed by atoms with Gasteiger partial charge in [-0.05, 0) is 36.4 Å². The molecule has 29 heavy (non-hydrogen) atoms. The van der Waals surface area contributed by atoms with Gasteiger partial charge < -0.3 is 18.8 Å². The molecule has 1 aromatic heterocycles. The van der Waals surface area contributed by atoms with Gasteiger partial charge in [0.25, 0.3) is 0 Å². The Labute approximate surface area is 177 Å². The van der Waals surface area contributed by atoms with Crippen LogP contribution >= 0.6 is 23.4 Å². The summed E-state index contributed by atoms with van der Waals surface area (Å²) in [7, 11) is 6.51. The third-order valence-corrected chi connectivity index (χ3v) is 5.53. The minimum atomic E-state index is -0.0102. The second-order valence-corrected chi connectivity index (χ2v) is 7.38. The van der Waals surface area contributed by atoms with E-state index in [0.29, 0.717) is 38.8 Å². The molecule has 2 aromatic carbocycles. The van der Waals surface area contributed by atoms with Crippen LogP contribution in [0.5, 0.6) is 17.2 Å². The number of carbonyl (C=O) groups excluding carboxylic acids is 1. The molecule has 0 spiro atoms. The van der Waals surface area contributed by atoms with E-state index in [4.69, 9.17) is 25.8 Å². The van der Waals surface area contributed by atoms with Crippen LogP contribution in [0, 0.1) is 0 Å². The van der Waals surface area contributed by atoms with E-state index in [1.807, 2.05) is 11.6 Å². The van der Waals surface area contributed by atoms with Crippen LogP contribution in [0.3, 0.4) is 0 Å². The number of rotatable bonds is 8. The molecule has 0 unspecified atom stereocenters. The maximum atomic E-state index is 12.4. The lowest BCUT2D eigenvalue weighted by Gasteiger charge is -2.14. The Balaban J connectivity index is 1.82. The summed E-state index contributed by atoms with van der Waals surface area (Å²) in [6.45, 7) is 0. The van der Waals surface area contributed by atoms with Gasteiger partial charge in [0, 0.05) is 23.2 Å². The summed E-state index contributed by atoms with van der Waals surface area (Å²) in [4.78, 5) is 12.4. The van der Waals surface area contributed by atoms with Gasteiger partial charge in [-0.15, -0.1) is 10.2 Å². The van der Waals surface area contributed by atoms with Gasteiger partial charge >= 0.3 is 0 Å². The number of ketones is 1. The van der Waals surface area contributed by atoms with Crippen molar-refractivity contribution in [2.45, 2.75) is 5.16 Å². The van der Waals surface area contributed by atoms with Crippen molar-refractivity contribution in [2.75, 3.05) is 27.1 Å². The lowest BCUT2D eigenvalue weighted by atomic mass is 10.1. The third kappa shape index (κ3) is 4.49. The van der Waals surface area contributed by atoms with Crippen LogP contribution in [0.25, 0.3) is 11.4 Å². The first-order chi connectivity index (χ1) is 14.0. The van der Waals surface area contributed by atoms with E-state index in [-0.39, 0.29) is 11.5 Å². The molecular weight excluding hydrogens is 414 g/mol. The van der Waals surface area contributed by atoms with E-state index in [1.165, 1.54) is 11.8 Å². The Hall–Kier alpha value is -2.71. The fourth-order valence-corrected chi connectivity index (χ4v) is 3.68. The number of halogens is 1. The van der Waals surface area contributed by atoms with Gasteiger partial charge in [0.05, 0.1) is 27.1 Å². The Bertz CT molecular complexity index is 996. The van der Waals surface area contributed by atoms with Crippen molar-refractivity contribution in [1.82, 2.24) is 14.8 Å². The normalized spacial score (nSPS) is 10.7. The Morgan fingerprint density at radius 3 is 2.21 bits per heavy atom. The molecule has 7 nitrogen and oxygen atoms in total. The van der Waals surface area contributed by atoms with Gasteiger partial charge in [-0.2, -0.15) is 0 Å². The average Bonchev–Trinajstić information content (AvgIpc) is 3.11. The maximum Gasteiger partial charge on any atom is 0.203 e. The molecule has 152 valence electrons. The van der Waals surface area contributed by atoms with E-state index in [1.54, 1.807) is 57.7 Å². The van der Waals surface area contributed by atoms with Crippen LogP contribution < -0.4 is 14.2 Å². The van der Waals surface area contributed by atoms with Crippen molar-refractivity contribution in [3.63, 3.8) is 0 Å². The SMILES string of the molecule is COc1cc(-c2nnc(SCC(=O)c3ccc(Cl)cc3)n2C)cc(OC)c1OC. The minimum Gasteiger partial charge on any atom is -0.493 e. The molecule has 0 saturated carbocycles. The Morgan fingerprint density at radius 2 is 1.66 bits per heavy atom. The Kier molecular flexibility index (Phi) is 6.66. The van der Waals surface area contributed by atoms with E-state index in [9.17, 15) is 4.79 Å². The van der Waals surface area contributed by atoms with E-state index in [0.717, 1.165) is 5.56 Å². The smallest absolute Gasteiger partial charge is 0.203 e. The highest BCUT2D eigenvalue weighted by atomic mass is 35.5. The number of Topliss-reactive ketones (excluding diaryl/α,β-unsaturated/α-hetero) is 1. The second-order valence-electron chi connectivity index (χ2n) is 6.00. The summed E-state index contributed by atoms with van der Waals surface area (Å²) in [6, 6.07) is 10.4. The van der Waals surface area contributed by atoms with Gasteiger partial charge in [0.1, 0.15) is 0 Å². The average molecular weight is 434 g/mol. The summed E-state index contributed by atoms with van der Waals surface area (Å²) < 4.78 is 18.0. The summed E-state index contributed by atoms with van der Waals surface area (Å²) >= 11 is 7.19. The zero-order valence-electron chi connectivity index (χ0n) is 16.4. The highest BCUT2D eigenvalue weighted by Crippen LogP contribution is 2.41. The molecule has 0 aliphatic rings. The fourth-order valence-electron chi connectivity index (χ4n) is 2.75. The maximum absolute atomic E-state index is 12.4. The van der Waals surface area contributed by atoms with E-state index >= 15 is 0 Å². The first-order valence-electron chi connectivity index (χ1n) is 8.59. The van der Waals surface area contributed by atoms with Crippen molar-refractivity contribution in [3.05, 3.63) is 47.0 Å². The molecule has 0 atom stereocenters. The number of thioether (sulfide) groups is 1. The summed E-state index contributed by atoms with van der Waals surface area (Å²) in [5.41, 5.74) is 1.36. The summed E-state index contributed by atoms with van der Waals surface area (Å²) in [5.74, 6) is 2.40. The lowest BCUT2D eigenvalue weighted by molar-refractivity contribution is 0.102. The largest absolute Gasteiger partial charge is 0.493 e. The summed E-state index contributed by atoms with van der Waals surface area (Å²) in [5, 5.41) is 9.70. The lowest BCUT2D eigenvalue weighted by Crippen LogP contribution is -2.04. The first kappa shape index (κ1) is 21.0. The van der Waals surface area contributed by atoms with Crippen molar-refractivity contribution in [1.29, 1.82) is 0 Å². The number of methoxy groups -OCH3 is 3. The number of benzene rings is 2.